The third-order valence-electron chi connectivity index (χ3n) is 2.94. The molecular weight excluding hydrogens is 188 g/mol. The minimum atomic E-state index is -0.879. The number of rotatable bonds is 1. The normalized spacial score (nSPS) is 47.4. The van der Waals surface area contributed by atoms with Gasteiger partial charge in [0.1, 0.15) is 11.7 Å². The van der Waals surface area contributed by atoms with Crippen molar-refractivity contribution in [2.75, 3.05) is 7.11 Å². The van der Waals surface area contributed by atoms with Gasteiger partial charge in [0.25, 0.3) is 0 Å². The van der Waals surface area contributed by atoms with Gasteiger partial charge in [0.15, 0.2) is 12.4 Å². The lowest BCUT2D eigenvalue weighted by molar-refractivity contribution is -0.254. The molecule has 2 heterocycles. The second kappa shape index (κ2) is 3.18. The molecule has 2 rings (SSSR count). The number of carbonyl (C=O) groups is 1. The average molecular weight is 202 g/mol. The van der Waals surface area contributed by atoms with E-state index in [0.717, 1.165) is 0 Å². The van der Waals surface area contributed by atoms with Gasteiger partial charge in [-0.25, -0.2) is 0 Å². The van der Waals surface area contributed by atoms with Crippen LogP contribution in [-0.4, -0.2) is 42.3 Å². The fourth-order valence-electron chi connectivity index (χ4n) is 2.09. The van der Waals surface area contributed by atoms with Gasteiger partial charge in [0, 0.05) is 13.5 Å². The third kappa shape index (κ3) is 1.41. The molecule has 5 heteroatoms. The highest BCUT2D eigenvalue weighted by Gasteiger charge is 2.53. The van der Waals surface area contributed by atoms with Crippen LogP contribution in [0.3, 0.4) is 0 Å². The first kappa shape index (κ1) is 9.89. The lowest BCUT2D eigenvalue weighted by atomic mass is 9.88. The summed E-state index contributed by atoms with van der Waals surface area (Å²) in [4.78, 5) is 11.1. The Morgan fingerprint density at radius 1 is 1.64 bits per heavy atom. The molecule has 1 N–H and O–H groups in total. The van der Waals surface area contributed by atoms with E-state index in [1.165, 1.54) is 0 Å². The number of fused-ring (bicyclic) bond motifs is 1. The number of ether oxygens (including phenoxy) is 3. The first-order valence-electron chi connectivity index (χ1n) is 4.63. The van der Waals surface area contributed by atoms with E-state index in [0.29, 0.717) is 6.42 Å². The van der Waals surface area contributed by atoms with Gasteiger partial charge >= 0.3 is 5.97 Å². The zero-order chi connectivity index (χ0) is 10.3. The molecule has 4 atom stereocenters. The number of methoxy groups -OCH3 is 1. The number of aliphatic hydroxyl groups excluding tert-OH is 1. The minimum absolute atomic E-state index is 0.195. The van der Waals surface area contributed by atoms with E-state index in [-0.39, 0.29) is 18.5 Å². The van der Waals surface area contributed by atoms with Gasteiger partial charge in [0.05, 0.1) is 6.42 Å². The molecule has 0 aromatic carbocycles. The van der Waals surface area contributed by atoms with Crippen LogP contribution in [0, 0.1) is 0 Å². The maximum atomic E-state index is 11.1. The van der Waals surface area contributed by atoms with Gasteiger partial charge in [-0.3, -0.25) is 4.79 Å². The molecule has 0 radical (unpaired) electrons. The summed E-state index contributed by atoms with van der Waals surface area (Å²) in [6.07, 6.45) is -1.14. The molecule has 2 aliphatic rings. The largest absolute Gasteiger partial charge is 0.456 e. The summed E-state index contributed by atoms with van der Waals surface area (Å²) in [5.41, 5.74) is -0.644. The minimum Gasteiger partial charge on any atom is -0.456 e. The maximum Gasteiger partial charge on any atom is 0.309 e. The van der Waals surface area contributed by atoms with Crippen molar-refractivity contribution in [1.29, 1.82) is 0 Å². The molecule has 0 aromatic heterocycles. The molecular formula is C9H14O5. The molecule has 0 amide bonds. The molecule has 0 saturated carbocycles. The van der Waals surface area contributed by atoms with Crippen molar-refractivity contribution in [3.05, 3.63) is 0 Å². The number of esters is 1. The summed E-state index contributed by atoms with van der Waals surface area (Å²) in [5.74, 6) is -0.294. The number of aliphatic hydroxyl groups is 1. The highest BCUT2D eigenvalue weighted by atomic mass is 16.7. The molecule has 0 spiro atoms. The smallest absolute Gasteiger partial charge is 0.309 e. The zero-order valence-electron chi connectivity index (χ0n) is 8.23. The Balaban J connectivity index is 2.21. The van der Waals surface area contributed by atoms with Crippen LogP contribution in [0.4, 0.5) is 0 Å². The Morgan fingerprint density at radius 3 is 3.00 bits per heavy atom. The predicted octanol–water partition coefficient (Wildman–Crippen LogP) is -0.186. The second-order valence-electron chi connectivity index (χ2n) is 3.96. The van der Waals surface area contributed by atoms with E-state index < -0.39 is 18.0 Å². The lowest BCUT2D eigenvalue weighted by Gasteiger charge is -2.41. The Bertz CT molecular complexity index is 254. The number of hydrogen-bond donors (Lipinski definition) is 1. The quantitative estimate of drug-likeness (QED) is 0.597. The van der Waals surface area contributed by atoms with Gasteiger partial charge in [-0.15, -0.1) is 0 Å². The standard InChI is InChI=1S/C9H14O5/c1-9(12-2)4-7(11)13-5-3-6(10)14-8(5)9/h5,7-8,11H,3-4H2,1-2H3/t5-,7?,8-,9+/m0/s1. The fourth-order valence-corrected chi connectivity index (χ4v) is 2.09. The van der Waals surface area contributed by atoms with Crippen LogP contribution in [0.25, 0.3) is 0 Å². The summed E-state index contributed by atoms with van der Waals surface area (Å²) in [7, 11) is 1.54. The highest BCUT2D eigenvalue weighted by Crippen LogP contribution is 2.38. The van der Waals surface area contributed by atoms with Crippen LogP contribution in [0.2, 0.25) is 0 Å². The van der Waals surface area contributed by atoms with E-state index >= 15 is 0 Å². The highest BCUT2D eigenvalue weighted by molar-refractivity contribution is 5.73. The van der Waals surface area contributed by atoms with Crippen LogP contribution in [0.1, 0.15) is 19.8 Å². The van der Waals surface area contributed by atoms with Crippen LogP contribution < -0.4 is 0 Å². The molecule has 0 aliphatic carbocycles. The van der Waals surface area contributed by atoms with Gasteiger partial charge in [-0.05, 0) is 6.92 Å². The van der Waals surface area contributed by atoms with Gasteiger partial charge < -0.3 is 19.3 Å². The zero-order valence-corrected chi connectivity index (χ0v) is 8.23. The summed E-state index contributed by atoms with van der Waals surface area (Å²) in [6.45, 7) is 1.81. The van der Waals surface area contributed by atoms with Crippen LogP contribution in [0.15, 0.2) is 0 Å². The molecule has 2 aliphatic heterocycles. The molecule has 2 fully saturated rings. The summed E-state index contributed by atoms with van der Waals surface area (Å²) in [6, 6.07) is 0. The van der Waals surface area contributed by atoms with Crippen molar-refractivity contribution in [2.24, 2.45) is 0 Å². The molecule has 0 bridgehead atoms. The average Bonchev–Trinajstić information content (AvgIpc) is 2.46. The topological polar surface area (TPSA) is 65.0 Å². The van der Waals surface area contributed by atoms with Crippen LogP contribution >= 0.6 is 0 Å². The van der Waals surface area contributed by atoms with Crippen molar-refractivity contribution in [3.8, 4) is 0 Å². The van der Waals surface area contributed by atoms with E-state index in [9.17, 15) is 9.90 Å². The Kier molecular flexibility index (Phi) is 2.25. The maximum absolute atomic E-state index is 11.1. The Hall–Kier alpha value is -0.650. The van der Waals surface area contributed by atoms with E-state index in [1.807, 2.05) is 6.92 Å². The van der Waals surface area contributed by atoms with Crippen molar-refractivity contribution >= 4 is 5.97 Å². The monoisotopic (exact) mass is 202 g/mol. The Labute approximate surface area is 81.9 Å². The van der Waals surface area contributed by atoms with E-state index in [2.05, 4.69) is 0 Å². The SMILES string of the molecule is CO[C@]1(C)CC(O)O[C@H]2CC(=O)O[C@@H]21. The van der Waals surface area contributed by atoms with Crippen molar-refractivity contribution in [1.82, 2.24) is 0 Å². The third-order valence-corrected chi connectivity index (χ3v) is 2.94. The fraction of sp³-hybridized carbons (Fsp3) is 0.889. The van der Waals surface area contributed by atoms with Crippen LogP contribution in [0.5, 0.6) is 0 Å². The Morgan fingerprint density at radius 2 is 2.36 bits per heavy atom. The van der Waals surface area contributed by atoms with Gasteiger partial charge in [0.2, 0.25) is 0 Å². The summed E-state index contributed by atoms with van der Waals surface area (Å²) < 4.78 is 15.6. The first-order chi connectivity index (χ1) is 6.55. The molecule has 80 valence electrons. The van der Waals surface area contributed by atoms with E-state index in [4.69, 9.17) is 14.2 Å². The predicted molar refractivity (Wildman–Crippen MR) is 45.4 cm³/mol. The number of carbonyl (C=O) groups excluding carboxylic acids is 1. The first-order valence-corrected chi connectivity index (χ1v) is 4.63. The van der Waals surface area contributed by atoms with Crippen molar-refractivity contribution < 1.29 is 24.1 Å². The summed E-state index contributed by atoms with van der Waals surface area (Å²) >= 11 is 0. The van der Waals surface area contributed by atoms with Crippen molar-refractivity contribution in [3.63, 3.8) is 0 Å². The molecule has 1 unspecified atom stereocenters. The van der Waals surface area contributed by atoms with Crippen molar-refractivity contribution in [2.45, 2.75) is 43.9 Å². The van der Waals surface area contributed by atoms with Crippen LogP contribution in [-0.2, 0) is 19.0 Å². The molecule has 2 saturated heterocycles. The summed E-state index contributed by atoms with van der Waals surface area (Å²) in [5, 5.41) is 9.44. The van der Waals surface area contributed by atoms with Gasteiger partial charge in [-0.1, -0.05) is 0 Å². The number of hydrogen-bond acceptors (Lipinski definition) is 5. The second-order valence-corrected chi connectivity index (χ2v) is 3.96. The molecule has 5 nitrogen and oxygen atoms in total. The lowest BCUT2D eigenvalue weighted by Crippen LogP contribution is -2.55. The van der Waals surface area contributed by atoms with E-state index in [1.54, 1.807) is 7.11 Å². The molecule has 0 aromatic rings. The van der Waals surface area contributed by atoms with Gasteiger partial charge in [-0.2, -0.15) is 0 Å². The molecule has 14 heavy (non-hydrogen) atoms.